The quantitative estimate of drug-likeness (QED) is 0.336. The summed E-state index contributed by atoms with van der Waals surface area (Å²) < 4.78 is 3.32. The molecule has 0 unspecified atom stereocenters. The molecule has 1 N–H and O–H groups in total. The molecule has 0 saturated carbocycles. The summed E-state index contributed by atoms with van der Waals surface area (Å²) in [6.45, 7) is -0.469. The third-order valence-corrected chi connectivity index (χ3v) is 6.30. The molecule has 1 saturated heterocycles. The first-order valence-electron chi connectivity index (χ1n) is 9.19. The largest absolute Gasteiger partial charge is 0.456 e. The van der Waals surface area contributed by atoms with Crippen LogP contribution in [0.25, 0.3) is 0 Å². The Morgan fingerprint density at radius 3 is 2.61 bits per heavy atom. The van der Waals surface area contributed by atoms with E-state index in [0.29, 0.717) is 11.3 Å². The van der Waals surface area contributed by atoms with Gasteiger partial charge in [-0.3, -0.25) is 14.5 Å². The van der Waals surface area contributed by atoms with Crippen LogP contribution in [0.4, 0.5) is 0 Å². The van der Waals surface area contributed by atoms with Crippen LogP contribution >= 0.6 is 58.2 Å². The van der Waals surface area contributed by atoms with Gasteiger partial charge in [0.15, 0.2) is 0 Å². The van der Waals surface area contributed by atoms with Crippen molar-refractivity contribution in [2.45, 2.75) is 21.6 Å². The number of esters is 1. The van der Waals surface area contributed by atoms with Crippen molar-refractivity contribution in [2.24, 2.45) is 0 Å². The SMILES string of the molecule is O=C(Cc1ccccc1)N[C@@H]1C(=O)N2C(C(=O)OCC(Cl)(Cl)Cl)=C(/C=C/CCl)CS[C@@H]12. The van der Waals surface area contributed by atoms with Crippen molar-refractivity contribution >= 4 is 75.9 Å². The standard InChI is InChI=1S/C20H18Cl4N2O4S/c21-8-4-7-13-10-31-18-15(25-14(27)9-12-5-2-1-3-6-12)17(28)26(18)16(13)19(29)30-11-20(22,23)24/h1-7,15,18H,8-11H2,(H,25,27)/b7-4+/t15-,18+/m1/s1. The third-order valence-electron chi connectivity index (χ3n) is 4.49. The van der Waals surface area contributed by atoms with Crippen molar-refractivity contribution < 1.29 is 19.1 Å². The van der Waals surface area contributed by atoms with E-state index < -0.39 is 33.7 Å². The lowest BCUT2D eigenvalue weighted by Crippen LogP contribution is -2.70. The molecule has 166 valence electrons. The van der Waals surface area contributed by atoms with E-state index in [4.69, 9.17) is 51.1 Å². The van der Waals surface area contributed by atoms with Crippen molar-refractivity contribution in [1.29, 1.82) is 0 Å². The Morgan fingerprint density at radius 1 is 1.26 bits per heavy atom. The van der Waals surface area contributed by atoms with Gasteiger partial charge in [0.25, 0.3) is 5.91 Å². The Morgan fingerprint density at radius 2 is 1.97 bits per heavy atom. The highest BCUT2D eigenvalue weighted by Gasteiger charge is 2.54. The molecule has 6 nitrogen and oxygen atoms in total. The van der Waals surface area contributed by atoms with Gasteiger partial charge in [-0.05, 0) is 11.1 Å². The van der Waals surface area contributed by atoms with Crippen molar-refractivity contribution in [3.8, 4) is 0 Å². The number of β-lactam (4-membered cyclic amide) rings is 1. The van der Waals surface area contributed by atoms with Gasteiger partial charge < -0.3 is 10.1 Å². The van der Waals surface area contributed by atoms with Crippen LogP contribution in [0.15, 0.2) is 53.8 Å². The number of carbonyl (C=O) groups excluding carboxylic acids is 3. The molecule has 2 amide bonds. The summed E-state index contributed by atoms with van der Waals surface area (Å²) in [6.07, 6.45) is 3.47. The van der Waals surface area contributed by atoms with E-state index in [-0.39, 0.29) is 23.9 Å². The number of alkyl halides is 4. The zero-order chi connectivity index (χ0) is 22.6. The van der Waals surface area contributed by atoms with Gasteiger partial charge in [-0.25, -0.2) is 4.79 Å². The zero-order valence-corrected chi connectivity index (χ0v) is 19.9. The lowest BCUT2D eigenvalue weighted by atomic mass is 10.0. The second kappa shape index (κ2) is 10.5. The van der Waals surface area contributed by atoms with Crippen LogP contribution in [0.2, 0.25) is 0 Å². The van der Waals surface area contributed by atoms with Crippen molar-refractivity contribution in [3.63, 3.8) is 0 Å². The monoisotopic (exact) mass is 522 g/mol. The number of rotatable bonds is 7. The molecule has 1 aromatic carbocycles. The molecule has 3 rings (SSSR count). The Labute approximate surface area is 203 Å². The molecule has 2 heterocycles. The average molecular weight is 524 g/mol. The molecule has 0 radical (unpaired) electrons. The zero-order valence-electron chi connectivity index (χ0n) is 16.0. The number of hydrogen-bond donors (Lipinski definition) is 1. The molecule has 2 aliphatic rings. The predicted molar refractivity (Wildman–Crippen MR) is 123 cm³/mol. The lowest BCUT2D eigenvalue weighted by molar-refractivity contribution is -0.152. The number of nitrogens with one attached hydrogen (secondary N) is 1. The maximum absolute atomic E-state index is 12.8. The van der Waals surface area contributed by atoms with Crippen molar-refractivity contribution in [2.75, 3.05) is 18.2 Å². The Hall–Kier alpha value is -1.38. The van der Waals surface area contributed by atoms with Crippen molar-refractivity contribution in [3.05, 3.63) is 59.3 Å². The number of fused-ring (bicyclic) bond motifs is 1. The fourth-order valence-electron chi connectivity index (χ4n) is 3.17. The molecule has 0 aliphatic carbocycles. The van der Waals surface area contributed by atoms with Crippen LogP contribution in [0.5, 0.6) is 0 Å². The van der Waals surface area contributed by atoms with Gasteiger partial charge in [0.2, 0.25) is 9.70 Å². The minimum atomic E-state index is -1.78. The fraction of sp³-hybridized carbons (Fsp3) is 0.350. The first-order valence-corrected chi connectivity index (χ1v) is 11.9. The average Bonchev–Trinajstić information content (AvgIpc) is 2.73. The van der Waals surface area contributed by atoms with E-state index in [1.807, 2.05) is 30.3 Å². The number of allylic oxidation sites excluding steroid dienone is 2. The minimum Gasteiger partial charge on any atom is -0.456 e. The smallest absolute Gasteiger partial charge is 0.355 e. The van der Waals surface area contributed by atoms with Crippen molar-refractivity contribution in [1.82, 2.24) is 10.2 Å². The summed E-state index contributed by atoms with van der Waals surface area (Å²) in [5.41, 5.74) is 1.47. The van der Waals surface area contributed by atoms with E-state index in [1.165, 1.54) is 16.7 Å². The number of carbonyl (C=O) groups is 3. The molecule has 2 atom stereocenters. The number of thioether (sulfide) groups is 1. The molecular formula is C20H18Cl4N2O4S. The minimum absolute atomic E-state index is 0.0675. The maximum Gasteiger partial charge on any atom is 0.355 e. The maximum atomic E-state index is 12.8. The molecule has 0 bridgehead atoms. The lowest BCUT2D eigenvalue weighted by Gasteiger charge is -2.49. The van der Waals surface area contributed by atoms with Crippen LogP contribution in [0, 0.1) is 0 Å². The van der Waals surface area contributed by atoms with E-state index in [0.717, 1.165) is 5.56 Å². The second-order valence-electron chi connectivity index (χ2n) is 6.74. The second-order valence-corrected chi connectivity index (χ2v) is 10.7. The summed E-state index contributed by atoms with van der Waals surface area (Å²) in [7, 11) is 0. The number of benzene rings is 1. The Balaban J connectivity index is 1.74. The number of nitrogens with zero attached hydrogens (tertiary/aromatic N) is 1. The van der Waals surface area contributed by atoms with Gasteiger partial charge in [-0.1, -0.05) is 77.3 Å². The van der Waals surface area contributed by atoms with Crippen LogP contribution in [-0.2, 0) is 25.5 Å². The van der Waals surface area contributed by atoms with Gasteiger partial charge in [0.1, 0.15) is 23.7 Å². The summed E-state index contributed by atoms with van der Waals surface area (Å²) >= 11 is 24.1. The Bertz CT molecular complexity index is 918. The first kappa shape index (κ1) is 24.3. The molecule has 2 aliphatic heterocycles. The molecular weight excluding hydrogens is 506 g/mol. The summed E-state index contributed by atoms with van der Waals surface area (Å²) in [5, 5.41) is 2.32. The van der Waals surface area contributed by atoms with Crippen LogP contribution in [-0.4, -0.2) is 56.1 Å². The number of halogens is 4. The topological polar surface area (TPSA) is 75.7 Å². The molecule has 1 aromatic rings. The normalized spacial score (nSPS) is 21.0. The van der Waals surface area contributed by atoms with Crippen LogP contribution in [0.1, 0.15) is 5.56 Å². The highest BCUT2D eigenvalue weighted by atomic mass is 35.6. The highest BCUT2D eigenvalue weighted by Crippen LogP contribution is 2.41. The predicted octanol–water partition coefficient (Wildman–Crippen LogP) is 3.59. The van der Waals surface area contributed by atoms with Gasteiger partial charge in [0, 0.05) is 11.6 Å². The van der Waals surface area contributed by atoms with Crippen LogP contribution < -0.4 is 5.32 Å². The first-order chi connectivity index (χ1) is 14.7. The number of amides is 2. The summed E-state index contributed by atoms with van der Waals surface area (Å²) in [5.74, 6) is -0.808. The van der Waals surface area contributed by atoms with Gasteiger partial charge in [-0.15, -0.1) is 23.4 Å². The molecule has 0 spiro atoms. The summed E-state index contributed by atoms with van der Waals surface area (Å²) in [6, 6.07) is 8.47. The van der Waals surface area contributed by atoms with Crippen LogP contribution in [0.3, 0.4) is 0 Å². The van der Waals surface area contributed by atoms with Gasteiger partial charge in [-0.2, -0.15) is 0 Å². The number of ether oxygens (including phenoxy) is 1. The third kappa shape index (κ3) is 6.11. The van der Waals surface area contributed by atoms with E-state index in [2.05, 4.69) is 5.32 Å². The molecule has 1 fully saturated rings. The summed E-state index contributed by atoms with van der Waals surface area (Å²) in [4.78, 5) is 39.3. The van der Waals surface area contributed by atoms with E-state index >= 15 is 0 Å². The van der Waals surface area contributed by atoms with E-state index in [1.54, 1.807) is 12.2 Å². The molecule has 11 heteroatoms. The number of hydrogen-bond acceptors (Lipinski definition) is 5. The van der Waals surface area contributed by atoms with Gasteiger partial charge in [0.05, 0.1) is 6.42 Å². The fourth-order valence-corrected chi connectivity index (χ4v) is 4.74. The Kier molecular flexibility index (Phi) is 8.21. The van der Waals surface area contributed by atoms with Gasteiger partial charge >= 0.3 is 5.97 Å². The van der Waals surface area contributed by atoms with E-state index in [9.17, 15) is 14.4 Å². The highest BCUT2D eigenvalue weighted by molar-refractivity contribution is 8.00. The molecule has 31 heavy (non-hydrogen) atoms. The molecule has 0 aromatic heterocycles.